The molecule has 36 heavy (non-hydrogen) atoms. The first-order valence-corrected chi connectivity index (χ1v) is 11.1. The Kier molecular flexibility index (Phi) is 7.10. The number of ether oxygens (including phenoxy) is 1. The van der Waals surface area contributed by atoms with Crippen molar-refractivity contribution in [2.45, 2.75) is 19.9 Å². The minimum absolute atomic E-state index is 0.0104. The SMILES string of the molecule is Cc1c(OC(=O)N(CCC(=O)O)c2cccnc2)ccc2[nH]c(CNc3ccc(C(=N)N)cc3)nc12. The number of rotatable bonds is 9. The number of carboxylic acids is 1. The smallest absolute Gasteiger partial charge is 0.419 e. The summed E-state index contributed by atoms with van der Waals surface area (Å²) in [5.74, 6) is -0.00813. The van der Waals surface area contributed by atoms with Gasteiger partial charge in [-0.2, -0.15) is 0 Å². The van der Waals surface area contributed by atoms with Crippen LogP contribution in [0.3, 0.4) is 0 Å². The first kappa shape index (κ1) is 24.2. The fourth-order valence-corrected chi connectivity index (χ4v) is 3.59. The highest BCUT2D eigenvalue weighted by Crippen LogP contribution is 2.27. The lowest BCUT2D eigenvalue weighted by molar-refractivity contribution is -0.136. The van der Waals surface area contributed by atoms with Crippen molar-refractivity contribution < 1.29 is 19.4 Å². The number of aromatic amines is 1. The third-order valence-corrected chi connectivity index (χ3v) is 5.49. The number of nitrogens with zero attached hydrogens (tertiary/aromatic N) is 3. The summed E-state index contributed by atoms with van der Waals surface area (Å²) in [6, 6.07) is 14.0. The summed E-state index contributed by atoms with van der Waals surface area (Å²) in [6.45, 7) is 2.16. The Labute approximate surface area is 206 Å². The molecule has 2 aromatic heterocycles. The molecule has 6 N–H and O–H groups in total. The van der Waals surface area contributed by atoms with E-state index in [1.54, 1.807) is 49.5 Å². The second-order valence-corrected chi connectivity index (χ2v) is 7.99. The molecule has 0 saturated carbocycles. The maximum Gasteiger partial charge on any atom is 0.419 e. The van der Waals surface area contributed by atoms with Crippen LogP contribution in [0, 0.1) is 12.3 Å². The first-order valence-electron chi connectivity index (χ1n) is 11.1. The van der Waals surface area contributed by atoms with Gasteiger partial charge in [-0.1, -0.05) is 0 Å². The van der Waals surface area contributed by atoms with Gasteiger partial charge in [0.1, 0.15) is 17.4 Å². The highest BCUT2D eigenvalue weighted by atomic mass is 16.6. The molecule has 2 aromatic carbocycles. The Morgan fingerprint density at radius 1 is 1.19 bits per heavy atom. The molecule has 184 valence electrons. The fourth-order valence-electron chi connectivity index (χ4n) is 3.59. The van der Waals surface area contributed by atoms with Gasteiger partial charge in [-0.05, 0) is 55.5 Å². The van der Waals surface area contributed by atoms with Gasteiger partial charge >= 0.3 is 12.1 Å². The number of imidazole rings is 1. The number of nitrogens with one attached hydrogen (secondary N) is 3. The number of H-pyrrole nitrogens is 1. The van der Waals surface area contributed by atoms with Gasteiger partial charge in [0.25, 0.3) is 0 Å². The zero-order valence-corrected chi connectivity index (χ0v) is 19.5. The van der Waals surface area contributed by atoms with Crippen molar-refractivity contribution >= 4 is 40.3 Å². The summed E-state index contributed by atoms with van der Waals surface area (Å²) in [6.07, 6.45) is 2.08. The molecule has 0 radical (unpaired) electrons. The molecule has 0 aliphatic carbocycles. The molecular weight excluding hydrogens is 462 g/mol. The molecule has 0 spiro atoms. The number of hydrogen-bond donors (Lipinski definition) is 5. The number of aryl methyl sites for hydroxylation is 1. The molecule has 11 heteroatoms. The van der Waals surface area contributed by atoms with Crippen molar-refractivity contribution in [3.05, 3.63) is 77.9 Å². The Morgan fingerprint density at radius 2 is 1.97 bits per heavy atom. The molecule has 0 saturated heterocycles. The van der Waals surface area contributed by atoms with Crippen LogP contribution in [0.15, 0.2) is 60.9 Å². The lowest BCUT2D eigenvalue weighted by atomic mass is 10.2. The van der Waals surface area contributed by atoms with E-state index in [0.29, 0.717) is 40.4 Å². The Morgan fingerprint density at radius 3 is 2.64 bits per heavy atom. The first-order chi connectivity index (χ1) is 17.3. The number of anilines is 2. The molecule has 0 bridgehead atoms. The van der Waals surface area contributed by atoms with Crippen molar-refractivity contribution in [2.24, 2.45) is 5.73 Å². The second-order valence-electron chi connectivity index (χ2n) is 7.99. The van der Waals surface area contributed by atoms with E-state index in [4.69, 9.17) is 21.0 Å². The van der Waals surface area contributed by atoms with Gasteiger partial charge in [-0.25, -0.2) is 9.78 Å². The maximum absolute atomic E-state index is 13.0. The molecular formula is C25H25N7O4. The largest absolute Gasteiger partial charge is 0.481 e. The minimum Gasteiger partial charge on any atom is -0.481 e. The monoisotopic (exact) mass is 487 g/mol. The van der Waals surface area contributed by atoms with Crippen molar-refractivity contribution in [1.82, 2.24) is 15.0 Å². The average Bonchev–Trinajstić information content (AvgIpc) is 3.29. The summed E-state index contributed by atoms with van der Waals surface area (Å²) in [5, 5.41) is 19.8. The zero-order valence-electron chi connectivity index (χ0n) is 19.5. The van der Waals surface area contributed by atoms with Crippen molar-refractivity contribution in [1.29, 1.82) is 5.41 Å². The molecule has 0 atom stereocenters. The van der Waals surface area contributed by atoms with Gasteiger partial charge in [-0.15, -0.1) is 0 Å². The Hall–Kier alpha value is -4.93. The third-order valence-electron chi connectivity index (χ3n) is 5.49. The van der Waals surface area contributed by atoms with Crippen LogP contribution in [-0.2, 0) is 11.3 Å². The summed E-state index contributed by atoms with van der Waals surface area (Å²) in [4.78, 5) is 37.2. The molecule has 4 rings (SSSR count). The van der Waals surface area contributed by atoms with E-state index in [9.17, 15) is 9.59 Å². The molecule has 2 heterocycles. The number of nitrogen functional groups attached to an aromatic ring is 1. The predicted octanol–water partition coefficient (Wildman–Crippen LogP) is 3.64. The van der Waals surface area contributed by atoms with Crippen molar-refractivity contribution in [3.8, 4) is 5.75 Å². The second kappa shape index (κ2) is 10.6. The van der Waals surface area contributed by atoms with Crippen LogP contribution < -0.4 is 20.7 Å². The van der Waals surface area contributed by atoms with Crippen molar-refractivity contribution in [2.75, 3.05) is 16.8 Å². The lowest BCUT2D eigenvalue weighted by Gasteiger charge is -2.21. The summed E-state index contributed by atoms with van der Waals surface area (Å²) >= 11 is 0. The van der Waals surface area contributed by atoms with Crippen LogP contribution in [-0.4, -0.2) is 44.5 Å². The van der Waals surface area contributed by atoms with Gasteiger partial charge < -0.3 is 25.9 Å². The number of aliphatic carboxylic acids is 1. The number of nitrogens with two attached hydrogens (primary N) is 1. The minimum atomic E-state index is -1.03. The van der Waals surface area contributed by atoms with Crippen LogP contribution in [0.4, 0.5) is 16.2 Å². The van der Waals surface area contributed by atoms with E-state index in [1.807, 2.05) is 12.1 Å². The van der Waals surface area contributed by atoms with Crippen molar-refractivity contribution in [3.63, 3.8) is 0 Å². The maximum atomic E-state index is 13.0. The van der Waals surface area contributed by atoms with E-state index in [2.05, 4.69) is 20.3 Å². The quantitative estimate of drug-likeness (QED) is 0.176. The molecule has 0 fully saturated rings. The highest BCUT2D eigenvalue weighted by molar-refractivity contribution is 5.95. The molecule has 0 aliphatic rings. The number of fused-ring (bicyclic) bond motifs is 1. The van der Waals surface area contributed by atoms with E-state index in [-0.39, 0.29) is 18.8 Å². The van der Waals surface area contributed by atoms with Crippen LogP contribution >= 0.6 is 0 Å². The van der Waals surface area contributed by atoms with Gasteiger partial charge in [0.15, 0.2) is 0 Å². The van der Waals surface area contributed by atoms with Gasteiger partial charge in [0, 0.05) is 29.6 Å². The Bertz CT molecular complexity index is 1400. The topological polar surface area (TPSA) is 170 Å². The number of aromatic nitrogens is 3. The standard InChI is InChI=1S/C25H25N7O4/c1-15-20(36-25(35)32(12-10-22(33)34)18-3-2-11-28-13-18)9-8-19-23(15)31-21(30-19)14-29-17-6-4-16(5-7-17)24(26)27/h2-9,11,13,29H,10,12,14H2,1H3,(H3,26,27)(H,30,31)(H,33,34). The molecule has 0 unspecified atom stereocenters. The highest BCUT2D eigenvalue weighted by Gasteiger charge is 2.21. The fraction of sp³-hybridized carbons (Fsp3) is 0.160. The zero-order chi connectivity index (χ0) is 25.7. The van der Waals surface area contributed by atoms with Gasteiger partial charge in [-0.3, -0.25) is 20.1 Å². The van der Waals surface area contributed by atoms with Crippen LogP contribution in [0.25, 0.3) is 11.0 Å². The van der Waals surface area contributed by atoms with E-state index < -0.39 is 12.1 Å². The van der Waals surface area contributed by atoms with E-state index in [0.717, 1.165) is 11.2 Å². The number of pyridine rings is 1. The number of benzene rings is 2. The Balaban J connectivity index is 1.49. The van der Waals surface area contributed by atoms with Crippen LogP contribution in [0.1, 0.15) is 23.4 Å². The number of carboxylic acid groups (broad SMARTS) is 1. The number of carbonyl (C=O) groups is 2. The summed E-state index contributed by atoms with van der Waals surface area (Å²) in [7, 11) is 0. The summed E-state index contributed by atoms with van der Waals surface area (Å²) < 4.78 is 5.64. The summed E-state index contributed by atoms with van der Waals surface area (Å²) in [5.41, 5.74) is 9.53. The van der Waals surface area contributed by atoms with E-state index in [1.165, 1.54) is 11.1 Å². The molecule has 1 amide bonds. The lowest BCUT2D eigenvalue weighted by Crippen LogP contribution is -2.35. The average molecular weight is 488 g/mol. The predicted molar refractivity (Wildman–Crippen MR) is 135 cm³/mol. The number of amidine groups is 1. The van der Waals surface area contributed by atoms with Gasteiger partial charge in [0.2, 0.25) is 0 Å². The van der Waals surface area contributed by atoms with Crippen LogP contribution in [0.2, 0.25) is 0 Å². The molecule has 11 nitrogen and oxygen atoms in total. The molecule has 4 aromatic rings. The van der Waals surface area contributed by atoms with Crippen LogP contribution in [0.5, 0.6) is 5.75 Å². The normalized spacial score (nSPS) is 10.7. The number of carbonyl (C=O) groups excluding carboxylic acids is 1. The number of amides is 1. The van der Waals surface area contributed by atoms with Gasteiger partial charge in [0.05, 0.1) is 35.9 Å². The number of hydrogen-bond acceptors (Lipinski definition) is 7. The third kappa shape index (κ3) is 5.58. The molecule has 0 aliphatic heterocycles. The van der Waals surface area contributed by atoms with E-state index >= 15 is 0 Å².